The van der Waals surface area contributed by atoms with Gasteiger partial charge in [-0.1, -0.05) is 36.9 Å². The first-order valence-corrected chi connectivity index (χ1v) is 5.02. The van der Waals surface area contributed by atoms with Crippen LogP contribution >= 0.6 is 0 Å². The Morgan fingerprint density at radius 3 is 1.89 bits per heavy atom. The first-order chi connectivity index (χ1) is 7.86. The summed E-state index contributed by atoms with van der Waals surface area (Å²) in [6, 6.07) is 9.19. The molecule has 0 heterocycles. The Bertz CT molecular complexity index is 394. The number of rotatable bonds is 3. The van der Waals surface area contributed by atoms with Gasteiger partial charge in [-0.05, 0) is 19.4 Å². The summed E-state index contributed by atoms with van der Waals surface area (Å²) >= 11 is 0. The van der Waals surface area contributed by atoms with Gasteiger partial charge in [0.15, 0.2) is 0 Å². The third-order valence-corrected chi connectivity index (χ3v) is 2.04. The SMILES string of the molecule is C=C(C)C(=O)O.CC(C(=O)O)c1ccccc1.[H-].[Li+]. The zero-order chi connectivity index (χ0) is 13.4. The Labute approximate surface area is 120 Å². The van der Waals surface area contributed by atoms with Crippen LogP contribution in [0.25, 0.3) is 0 Å². The predicted octanol–water partition coefficient (Wildman–Crippen LogP) is -0.362. The Hall–Kier alpha value is -1.50. The summed E-state index contributed by atoms with van der Waals surface area (Å²) in [7, 11) is 0. The predicted molar refractivity (Wildman–Crippen MR) is 66.1 cm³/mol. The molecule has 0 radical (unpaired) electrons. The topological polar surface area (TPSA) is 74.6 Å². The van der Waals surface area contributed by atoms with Crippen molar-refractivity contribution in [2.45, 2.75) is 19.8 Å². The summed E-state index contributed by atoms with van der Waals surface area (Å²) in [5.41, 5.74) is 1.02. The van der Waals surface area contributed by atoms with E-state index in [0.717, 1.165) is 5.56 Å². The van der Waals surface area contributed by atoms with E-state index in [0.29, 0.717) is 0 Å². The van der Waals surface area contributed by atoms with Gasteiger partial charge in [-0.15, -0.1) is 0 Å². The molecule has 2 N–H and O–H groups in total. The summed E-state index contributed by atoms with van der Waals surface area (Å²) in [5, 5.41) is 16.5. The molecule has 1 unspecified atom stereocenters. The molecule has 0 spiro atoms. The number of hydrogen-bond acceptors (Lipinski definition) is 2. The van der Waals surface area contributed by atoms with Crippen molar-refractivity contribution < 1.29 is 40.1 Å². The number of carboxylic acid groups (broad SMARTS) is 2. The summed E-state index contributed by atoms with van der Waals surface area (Å²) in [4.78, 5) is 20.1. The van der Waals surface area contributed by atoms with Crippen LogP contribution < -0.4 is 18.9 Å². The van der Waals surface area contributed by atoms with Gasteiger partial charge >= 0.3 is 30.8 Å². The maximum absolute atomic E-state index is 10.5. The average molecular weight is 244 g/mol. The van der Waals surface area contributed by atoms with Crippen molar-refractivity contribution in [2.75, 3.05) is 0 Å². The third-order valence-electron chi connectivity index (χ3n) is 2.04. The van der Waals surface area contributed by atoms with Gasteiger partial charge in [0.1, 0.15) is 0 Å². The molecule has 0 aliphatic rings. The molecule has 5 heteroatoms. The second kappa shape index (κ2) is 9.52. The average Bonchev–Trinajstić information content (AvgIpc) is 2.29. The summed E-state index contributed by atoms with van der Waals surface area (Å²) in [6.45, 7) is 6.28. The van der Waals surface area contributed by atoms with Gasteiger partial charge < -0.3 is 11.6 Å². The molecular formula is C13H17LiO4. The number of aliphatic carboxylic acids is 2. The van der Waals surface area contributed by atoms with Crippen molar-refractivity contribution in [1.29, 1.82) is 0 Å². The second-order valence-electron chi connectivity index (χ2n) is 3.56. The number of benzene rings is 1. The molecule has 1 rings (SSSR count). The molecule has 0 aliphatic carbocycles. The molecule has 0 aromatic heterocycles. The molecule has 0 fully saturated rings. The van der Waals surface area contributed by atoms with Crippen molar-refractivity contribution in [1.82, 2.24) is 0 Å². The maximum Gasteiger partial charge on any atom is 1.00 e. The van der Waals surface area contributed by atoms with Crippen LogP contribution in [0.5, 0.6) is 0 Å². The molecule has 1 aromatic carbocycles. The molecule has 1 atom stereocenters. The van der Waals surface area contributed by atoms with E-state index in [2.05, 4.69) is 6.58 Å². The maximum atomic E-state index is 10.5. The minimum absolute atomic E-state index is 0. The number of carboxylic acids is 2. The van der Waals surface area contributed by atoms with Gasteiger partial charge in [0.2, 0.25) is 0 Å². The Balaban J connectivity index is -0.000000282. The molecule has 18 heavy (non-hydrogen) atoms. The van der Waals surface area contributed by atoms with E-state index in [4.69, 9.17) is 10.2 Å². The molecule has 0 amide bonds. The smallest absolute Gasteiger partial charge is 1.00 e. The zero-order valence-corrected chi connectivity index (χ0v) is 10.9. The van der Waals surface area contributed by atoms with Crippen LogP contribution in [0.2, 0.25) is 0 Å². The molecular weight excluding hydrogens is 227 g/mol. The van der Waals surface area contributed by atoms with E-state index < -0.39 is 17.9 Å². The minimum Gasteiger partial charge on any atom is -1.00 e. The van der Waals surface area contributed by atoms with Crippen LogP contribution in [0.3, 0.4) is 0 Å². The van der Waals surface area contributed by atoms with Crippen molar-refractivity contribution in [3.8, 4) is 0 Å². The molecule has 0 saturated carbocycles. The van der Waals surface area contributed by atoms with Gasteiger partial charge in [-0.2, -0.15) is 0 Å². The Morgan fingerprint density at radius 2 is 1.61 bits per heavy atom. The fraction of sp³-hybridized carbons (Fsp3) is 0.231. The molecule has 94 valence electrons. The summed E-state index contributed by atoms with van der Waals surface area (Å²) in [6.07, 6.45) is 0. The quantitative estimate of drug-likeness (QED) is 0.562. The third kappa shape index (κ3) is 7.72. The largest absolute Gasteiger partial charge is 1.00 e. The van der Waals surface area contributed by atoms with Crippen molar-refractivity contribution in [3.63, 3.8) is 0 Å². The number of hydrogen-bond donors (Lipinski definition) is 2. The van der Waals surface area contributed by atoms with Crippen LogP contribution in [0.1, 0.15) is 26.8 Å². The van der Waals surface area contributed by atoms with Gasteiger partial charge in [0.05, 0.1) is 5.92 Å². The van der Waals surface area contributed by atoms with Crippen LogP contribution in [-0.2, 0) is 9.59 Å². The molecule has 0 bridgehead atoms. The zero-order valence-electron chi connectivity index (χ0n) is 11.9. The monoisotopic (exact) mass is 244 g/mol. The van der Waals surface area contributed by atoms with Crippen LogP contribution in [-0.4, -0.2) is 22.2 Å². The van der Waals surface area contributed by atoms with Gasteiger partial charge in [0.25, 0.3) is 0 Å². The van der Waals surface area contributed by atoms with E-state index in [1.54, 1.807) is 6.92 Å². The first-order valence-electron chi connectivity index (χ1n) is 5.02. The Morgan fingerprint density at radius 1 is 1.22 bits per heavy atom. The van der Waals surface area contributed by atoms with Crippen molar-refractivity contribution in [3.05, 3.63) is 48.0 Å². The van der Waals surface area contributed by atoms with E-state index >= 15 is 0 Å². The van der Waals surface area contributed by atoms with E-state index in [9.17, 15) is 9.59 Å². The van der Waals surface area contributed by atoms with E-state index in [1.165, 1.54) is 6.92 Å². The standard InChI is InChI=1S/C9H10O2.C4H6O2.Li.H/c1-7(9(10)11)8-5-3-2-4-6-8;1-3(2)4(5)6;;/h2-7H,1H3,(H,10,11);1H2,2H3,(H,5,6);;/q;;+1;-1. The van der Waals surface area contributed by atoms with Gasteiger partial charge in [-0.3, -0.25) is 4.79 Å². The van der Waals surface area contributed by atoms with Crippen LogP contribution in [0.15, 0.2) is 42.5 Å². The second-order valence-corrected chi connectivity index (χ2v) is 3.56. The summed E-state index contributed by atoms with van der Waals surface area (Å²) < 4.78 is 0. The molecule has 4 nitrogen and oxygen atoms in total. The normalized spacial score (nSPS) is 10.1. The summed E-state index contributed by atoms with van der Waals surface area (Å²) in [5.74, 6) is -2.12. The fourth-order valence-electron chi connectivity index (χ4n) is 0.884. The molecule has 1 aromatic rings. The Kier molecular flexibility index (Phi) is 9.97. The molecule has 0 aliphatic heterocycles. The first kappa shape index (κ1) is 18.9. The van der Waals surface area contributed by atoms with Crippen molar-refractivity contribution >= 4 is 11.9 Å². The van der Waals surface area contributed by atoms with Gasteiger partial charge in [0, 0.05) is 5.57 Å². The minimum atomic E-state index is -0.935. The molecule has 0 saturated heterocycles. The van der Waals surface area contributed by atoms with Crippen molar-refractivity contribution in [2.24, 2.45) is 0 Å². The van der Waals surface area contributed by atoms with E-state index in [-0.39, 0.29) is 25.9 Å². The van der Waals surface area contributed by atoms with Crippen LogP contribution in [0, 0.1) is 0 Å². The van der Waals surface area contributed by atoms with Gasteiger partial charge in [-0.25, -0.2) is 4.79 Å². The van der Waals surface area contributed by atoms with Crippen LogP contribution in [0.4, 0.5) is 0 Å². The van der Waals surface area contributed by atoms with E-state index in [1.807, 2.05) is 30.3 Å². The number of carbonyl (C=O) groups is 2. The fourth-order valence-corrected chi connectivity index (χ4v) is 0.884.